The number of nitrogen functional groups attached to an aromatic ring is 1. The number of amides is 1. The molecule has 20 heavy (non-hydrogen) atoms. The van der Waals surface area contributed by atoms with E-state index in [1.165, 1.54) is 18.0 Å². The summed E-state index contributed by atoms with van der Waals surface area (Å²) in [6.45, 7) is 1.77. The molecule has 2 aromatic carbocycles. The molecule has 2 aromatic rings. The summed E-state index contributed by atoms with van der Waals surface area (Å²) in [6, 6.07) is 9.57. The Balaban J connectivity index is 2.44. The van der Waals surface area contributed by atoms with Crippen molar-refractivity contribution in [1.82, 2.24) is 0 Å². The van der Waals surface area contributed by atoms with Crippen LogP contribution in [0.1, 0.15) is 15.9 Å². The van der Waals surface area contributed by atoms with E-state index in [-0.39, 0.29) is 11.6 Å². The molecule has 0 saturated carbocycles. The van der Waals surface area contributed by atoms with Gasteiger partial charge in [-0.25, -0.2) is 4.39 Å². The van der Waals surface area contributed by atoms with Crippen molar-refractivity contribution in [2.45, 2.75) is 6.92 Å². The van der Waals surface area contributed by atoms with Crippen molar-refractivity contribution in [3.8, 4) is 0 Å². The molecule has 1 amide bonds. The lowest BCUT2D eigenvalue weighted by Gasteiger charge is -2.19. The van der Waals surface area contributed by atoms with Gasteiger partial charge in [0.15, 0.2) is 0 Å². The fourth-order valence-corrected chi connectivity index (χ4v) is 2.41. The lowest BCUT2D eigenvalue weighted by atomic mass is 10.1. The summed E-state index contributed by atoms with van der Waals surface area (Å²) < 4.78 is 14.5. The molecule has 5 heteroatoms. The molecule has 0 bridgehead atoms. The van der Waals surface area contributed by atoms with Crippen molar-refractivity contribution >= 4 is 33.2 Å². The number of carbonyl (C=O) groups excluding carboxylic acids is 1. The monoisotopic (exact) mass is 336 g/mol. The minimum atomic E-state index is -0.441. The van der Waals surface area contributed by atoms with Crippen LogP contribution in [0.3, 0.4) is 0 Å². The first-order valence-corrected chi connectivity index (χ1v) is 6.79. The first kappa shape index (κ1) is 14.5. The van der Waals surface area contributed by atoms with Crippen LogP contribution in [0.4, 0.5) is 15.8 Å². The highest BCUT2D eigenvalue weighted by Gasteiger charge is 2.19. The summed E-state index contributed by atoms with van der Waals surface area (Å²) in [7, 11) is 1.54. The number of nitrogens with two attached hydrogens (primary N) is 1. The maximum absolute atomic E-state index is 13.7. The molecule has 0 atom stereocenters. The molecule has 0 radical (unpaired) electrons. The number of rotatable bonds is 2. The number of carbonyl (C=O) groups is 1. The van der Waals surface area contributed by atoms with Crippen molar-refractivity contribution in [3.63, 3.8) is 0 Å². The number of hydrogen-bond acceptors (Lipinski definition) is 2. The Hall–Kier alpha value is -1.88. The van der Waals surface area contributed by atoms with Gasteiger partial charge in [0.2, 0.25) is 0 Å². The van der Waals surface area contributed by atoms with Gasteiger partial charge in [-0.1, -0.05) is 28.1 Å². The SMILES string of the molecule is Cc1c(N)cc(Br)cc1C(=O)N(C)c1ccccc1F. The van der Waals surface area contributed by atoms with Crippen molar-refractivity contribution < 1.29 is 9.18 Å². The summed E-state index contributed by atoms with van der Waals surface area (Å²) in [5, 5.41) is 0. The lowest BCUT2D eigenvalue weighted by molar-refractivity contribution is 0.0991. The van der Waals surface area contributed by atoms with Gasteiger partial charge in [-0.05, 0) is 36.8 Å². The van der Waals surface area contributed by atoms with Gasteiger partial charge in [0.05, 0.1) is 5.69 Å². The Kier molecular flexibility index (Phi) is 4.09. The van der Waals surface area contributed by atoms with Crippen LogP contribution in [0.15, 0.2) is 40.9 Å². The van der Waals surface area contributed by atoms with Crippen molar-refractivity contribution in [2.24, 2.45) is 0 Å². The molecule has 0 aliphatic carbocycles. The molecule has 0 unspecified atom stereocenters. The van der Waals surface area contributed by atoms with E-state index >= 15 is 0 Å². The van der Waals surface area contributed by atoms with Gasteiger partial charge in [-0.15, -0.1) is 0 Å². The van der Waals surface area contributed by atoms with E-state index in [0.717, 1.165) is 0 Å². The third kappa shape index (κ3) is 2.67. The zero-order chi connectivity index (χ0) is 14.9. The third-order valence-corrected chi connectivity index (χ3v) is 3.62. The first-order chi connectivity index (χ1) is 9.41. The molecule has 2 rings (SSSR count). The Bertz CT molecular complexity index is 673. The van der Waals surface area contributed by atoms with E-state index < -0.39 is 5.82 Å². The molecular weight excluding hydrogens is 323 g/mol. The van der Waals surface area contributed by atoms with E-state index in [0.29, 0.717) is 21.3 Å². The summed E-state index contributed by atoms with van der Waals surface area (Å²) in [5.74, 6) is -0.746. The highest BCUT2D eigenvalue weighted by Crippen LogP contribution is 2.26. The van der Waals surface area contributed by atoms with Crippen LogP contribution >= 0.6 is 15.9 Å². The highest BCUT2D eigenvalue weighted by molar-refractivity contribution is 9.10. The lowest BCUT2D eigenvalue weighted by Crippen LogP contribution is -2.28. The molecule has 0 aromatic heterocycles. The second-order valence-corrected chi connectivity index (χ2v) is 5.40. The zero-order valence-electron chi connectivity index (χ0n) is 11.2. The molecule has 0 aliphatic heterocycles. The predicted octanol–water partition coefficient (Wildman–Crippen LogP) is 3.76. The standard InChI is InChI=1S/C15H14BrFN2O/c1-9-11(7-10(16)8-13(9)18)15(20)19(2)14-6-4-3-5-12(14)17/h3-8H,18H2,1-2H3. The number of para-hydroxylation sites is 1. The largest absolute Gasteiger partial charge is 0.398 e. The van der Waals surface area contributed by atoms with Crippen LogP contribution in [-0.4, -0.2) is 13.0 Å². The van der Waals surface area contributed by atoms with Crippen molar-refractivity contribution in [2.75, 3.05) is 17.7 Å². The van der Waals surface area contributed by atoms with Crippen LogP contribution in [-0.2, 0) is 0 Å². The fraction of sp³-hybridized carbons (Fsp3) is 0.133. The Morgan fingerprint density at radius 1 is 1.30 bits per heavy atom. The summed E-state index contributed by atoms with van der Waals surface area (Å²) in [6.07, 6.45) is 0. The average Bonchev–Trinajstić information content (AvgIpc) is 2.42. The van der Waals surface area contributed by atoms with Crippen LogP contribution in [0, 0.1) is 12.7 Å². The summed E-state index contributed by atoms with van der Waals surface area (Å²) >= 11 is 3.31. The van der Waals surface area contributed by atoms with Gasteiger partial charge < -0.3 is 10.6 Å². The van der Waals surface area contributed by atoms with Crippen LogP contribution in [0.25, 0.3) is 0 Å². The summed E-state index contributed by atoms with van der Waals surface area (Å²) in [5.41, 5.74) is 7.73. The topological polar surface area (TPSA) is 46.3 Å². The van der Waals surface area contributed by atoms with Gasteiger partial charge in [0.25, 0.3) is 5.91 Å². The molecule has 3 nitrogen and oxygen atoms in total. The first-order valence-electron chi connectivity index (χ1n) is 6.00. The van der Waals surface area contributed by atoms with Crippen LogP contribution in [0.2, 0.25) is 0 Å². The normalized spacial score (nSPS) is 10.4. The second-order valence-electron chi connectivity index (χ2n) is 4.48. The minimum absolute atomic E-state index is 0.232. The number of halogens is 2. The number of anilines is 2. The number of hydrogen-bond donors (Lipinski definition) is 1. The smallest absolute Gasteiger partial charge is 0.258 e. The number of benzene rings is 2. The third-order valence-electron chi connectivity index (χ3n) is 3.16. The molecule has 0 heterocycles. The van der Waals surface area contributed by atoms with Crippen LogP contribution in [0.5, 0.6) is 0 Å². The Morgan fingerprint density at radius 3 is 2.60 bits per heavy atom. The maximum atomic E-state index is 13.7. The van der Waals surface area contributed by atoms with E-state index in [2.05, 4.69) is 15.9 Å². The van der Waals surface area contributed by atoms with E-state index in [9.17, 15) is 9.18 Å². The number of nitrogens with zero attached hydrogens (tertiary/aromatic N) is 1. The van der Waals surface area contributed by atoms with Gasteiger partial charge in [-0.2, -0.15) is 0 Å². The van der Waals surface area contributed by atoms with Gasteiger partial charge in [0, 0.05) is 22.8 Å². The van der Waals surface area contributed by atoms with Crippen LogP contribution < -0.4 is 10.6 Å². The molecule has 104 valence electrons. The van der Waals surface area contributed by atoms with E-state index in [4.69, 9.17) is 5.73 Å². The molecular formula is C15H14BrFN2O. The summed E-state index contributed by atoms with van der Waals surface area (Å²) in [4.78, 5) is 13.8. The highest BCUT2D eigenvalue weighted by atomic mass is 79.9. The average molecular weight is 337 g/mol. The van der Waals surface area contributed by atoms with E-state index in [1.54, 1.807) is 37.3 Å². The molecule has 0 saturated heterocycles. The Morgan fingerprint density at radius 2 is 1.95 bits per heavy atom. The minimum Gasteiger partial charge on any atom is -0.398 e. The van der Waals surface area contributed by atoms with E-state index in [1.807, 2.05) is 0 Å². The predicted molar refractivity (Wildman–Crippen MR) is 82.4 cm³/mol. The van der Waals surface area contributed by atoms with Crippen molar-refractivity contribution in [1.29, 1.82) is 0 Å². The molecule has 0 fully saturated rings. The van der Waals surface area contributed by atoms with Gasteiger partial charge in [0.1, 0.15) is 5.82 Å². The Labute approximate surface area is 125 Å². The van der Waals surface area contributed by atoms with Gasteiger partial charge >= 0.3 is 0 Å². The molecule has 0 spiro atoms. The molecule has 0 aliphatic rings. The fourth-order valence-electron chi connectivity index (χ4n) is 1.94. The molecule has 2 N–H and O–H groups in total. The quantitative estimate of drug-likeness (QED) is 0.849. The van der Waals surface area contributed by atoms with Crippen molar-refractivity contribution in [3.05, 3.63) is 57.8 Å². The zero-order valence-corrected chi connectivity index (χ0v) is 12.7. The second kappa shape index (κ2) is 5.63. The van der Waals surface area contributed by atoms with Gasteiger partial charge in [-0.3, -0.25) is 4.79 Å². The maximum Gasteiger partial charge on any atom is 0.258 e.